The topological polar surface area (TPSA) is 43.9 Å². The maximum Gasteiger partial charge on any atom is 0.120 e. The molecule has 8 rings (SSSR count). The van der Waals surface area contributed by atoms with E-state index in [0.717, 1.165) is 68.6 Å². The molecule has 0 N–H and O–H groups in total. The summed E-state index contributed by atoms with van der Waals surface area (Å²) in [7, 11) is 0. The van der Waals surface area contributed by atoms with Crippen molar-refractivity contribution in [1.82, 2.24) is 14.5 Å². The van der Waals surface area contributed by atoms with Crippen molar-refractivity contribution in [2.24, 2.45) is 5.41 Å². The molecule has 0 aliphatic carbocycles. The van der Waals surface area contributed by atoms with Crippen LogP contribution in [-0.4, -0.2) is 27.8 Å². The Bertz CT molecular complexity index is 2400. The Morgan fingerprint density at radius 2 is 1.49 bits per heavy atom. The quantitative estimate of drug-likeness (QED) is 0.123. The van der Waals surface area contributed by atoms with Crippen molar-refractivity contribution in [1.29, 1.82) is 0 Å². The maximum atomic E-state index is 6.25. The molecule has 0 aliphatic heterocycles. The van der Waals surface area contributed by atoms with Gasteiger partial charge in [0.15, 0.2) is 0 Å². The number of fused-ring (bicyclic) bond motifs is 4. The summed E-state index contributed by atoms with van der Waals surface area (Å²) in [5, 5.41) is 2.20. The van der Waals surface area contributed by atoms with Crippen LogP contribution in [-0.2, 0) is 33.1 Å². The molecule has 0 saturated heterocycles. The van der Waals surface area contributed by atoms with E-state index < -0.39 is 13.3 Å². The average Bonchev–Trinajstić information content (AvgIpc) is 3.67. The molecule has 51 heavy (non-hydrogen) atoms. The van der Waals surface area contributed by atoms with E-state index in [1.807, 2.05) is 54.6 Å². The minimum atomic E-state index is -1.90. The number of para-hydroxylation sites is 3. The Balaban J connectivity index is 0.000000182. The summed E-state index contributed by atoms with van der Waals surface area (Å²) in [6.45, 7) is 7.66. The predicted molar refractivity (Wildman–Crippen MR) is 211 cm³/mol. The number of pyridine rings is 1. The molecule has 6 heteroatoms. The number of aromatic nitrogens is 3. The fourth-order valence-electron chi connectivity index (χ4n) is 6.64. The van der Waals surface area contributed by atoms with Gasteiger partial charge in [-0.1, -0.05) is 71.6 Å². The standard InChI is InChI=1S/C26H17N2O.C19H26GeN.Ir/c1-2-9-18(10-3-1)17-28-23-15-6-5-14-22(23)27-26(28)21-13-8-12-20-19-11-4-7-16-24(19)29-25(20)21;1-19(2,3)13-16-12-18(15-10-8-7-9-11-15)21-14-17(16)20(4,5)6;/h1-12,14-16H,17H2;7-10,12,14H,13H2,1-6H3;/q2*-1;. The van der Waals surface area contributed by atoms with E-state index in [2.05, 4.69) is 128 Å². The molecule has 8 aromatic rings. The predicted octanol–water partition coefficient (Wildman–Crippen LogP) is 11.1. The summed E-state index contributed by atoms with van der Waals surface area (Å²) in [4.78, 5) is 9.69. The van der Waals surface area contributed by atoms with Crippen LogP contribution in [0, 0.1) is 17.5 Å². The van der Waals surface area contributed by atoms with Crippen molar-refractivity contribution < 1.29 is 24.5 Å². The Hall–Kier alpha value is -4.29. The number of hydrogen-bond acceptors (Lipinski definition) is 3. The maximum absolute atomic E-state index is 6.25. The van der Waals surface area contributed by atoms with Crippen LogP contribution in [0.5, 0.6) is 0 Å². The minimum absolute atomic E-state index is 0. The molecule has 0 aliphatic rings. The van der Waals surface area contributed by atoms with E-state index >= 15 is 0 Å². The number of nitrogens with zero attached hydrogens (tertiary/aromatic N) is 3. The van der Waals surface area contributed by atoms with Gasteiger partial charge in [-0.15, -0.1) is 18.2 Å². The third kappa shape index (κ3) is 8.12. The summed E-state index contributed by atoms with van der Waals surface area (Å²) in [6.07, 6.45) is 3.24. The molecule has 3 heterocycles. The van der Waals surface area contributed by atoms with Crippen molar-refractivity contribution in [3.8, 4) is 22.6 Å². The van der Waals surface area contributed by atoms with E-state index in [1.165, 1.54) is 15.5 Å². The number of rotatable bonds is 6. The zero-order chi connectivity index (χ0) is 34.9. The Morgan fingerprint density at radius 3 is 2.24 bits per heavy atom. The molecule has 259 valence electrons. The molecule has 0 bridgehead atoms. The van der Waals surface area contributed by atoms with Crippen molar-refractivity contribution in [2.45, 2.75) is 51.0 Å². The van der Waals surface area contributed by atoms with Gasteiger partial charge in [0.25, 0.3) is 0 Å². The fourth-order valence-corrected chi connectivity index (χ4v) is 9.94. The Kier molecular flexibility index (Phi) is 10.8. The zero-order valence-electron chi connectivity index (χ0n) is 30.1. The van der Waals surface area contributed by atoms with Gasteiger partial charge in [0.2, 0.25) is 0 Å². The first-order valence-electron chi connectivity index (χ1n) is 17.3. The third-order valence-corrected chi connectivity index (χ3v) is 13.2. The third-order valence-electron chi connectivity index (χ3n) is 8.90. The number of hydrogen-bond donors (Lipinski definition) is 0. The summed E-state index contributed by atoms with van der Waals surface area (Å²) in [5.41, 5.74) is 9.82. The SMILES string of the molecule is CC(C)(C)Cc1cc(-c2[c-]cccc2)nc[c]1[Ge]([CH3])([CH3])[CH3].[Ir].[c-]1ccc2c(oc3ccccc32)c1-c1nc2ccccc2n1Cc1ccccc1. The molecule has 0 amide bonds. The largest absolute Gasteiger partial charge is 0.501 e. The van der Waals surface area contributed by atoms with Gasteiger partial charge in [0, 0.05) is 32.0 Å². The van der Waals surface area contributed by atoms with Gasteiger partial charge in [-0.2, -0.15) is 0 Å². The molecule has 0 unspecified atom stereocenters. The zero-order valence-corrected chi connectivity index (χ0v) is 34.6. The molecule has 3 aromatic heterocycles. The smallest absolute Gasteiger partial charge is 0.120 e. The first-order chi connectivity index (χ1) is 24.0. The van der Waals surface area contributed by atoms with Crippen molar-refractivity contribution in [2.75, 3.05) is 0 Å². The van der Waals surface area contributed by atoms with E-state index in [1.54, 1.807) is 0 Å². The van der Waals surface area contributed by atoms with Gasteiger partial charge in [-0.3, -0.25) is 4.98 Å². The normalized spacial score (nSPS) is 11.7. The van der Waals surface area contributed by atoms with Crippen LogP contribution in [0.25, 0.3) is 55.6 Å². The van der Waals surface area contributed by atoms with Crippen LogP contribution >= 0.6 is 0 Å². The number of benzene rings is 5. The van der Waals surface area contributed by atoms with E-state index in [0.29, 0.717) is 5.41 Å². The molecule has 5 aromatic carbocycles. The average molecular weight is 907 g/mol. The second-order valence-corrected chi connectivity index (χ2v) is 25.8. The van der Waals surface area contributed by atoms with E-state index in [9.17, 15) is 0 Å². The summed E-state index contributed by atoms with van der Waals surface area (Å²) < 4.78 is 10.0. The molecular formula is C45H43GeIrN3O-2. The molecule has 0 fully saturated rings. The molecule has 0 saturated carbocycles. The van der Waals surface area contributed by atoms with Gasteiger partial charge in [-0.05, 0) is 23.8 Å². The van der Waals surface area contributed by atoms with Crippen LogP contribution in [0.15, 0.2) is 132 Å². The summed E-state index contributed by atoms with van der Waals surface area (Å²) in [5.74, 6) is 8.20. The van der Waals surface area contributed by atoms with Crippen LogP contribution in [0.4, 0.5) is 0 Å². The van der Waals surface area contributed by atoms with Crippen molar-refractivity contribution in [3.05, 3.63) is 151 Å². The van der Waals surface area contributed by atoms with Crippen LogP contribution < -0.4 is 4.40 Å². The van der Waals surface area contributed by atoms with Crippen molar-refractivity contribution in [3.63, 3.8) is 0 Å². The van der Waals surface area contributed by atoms with Gasteiger partial charge < -0.3 is 8.98 Å². The monoisotopic (exact) mass is 908 g/mol. The number of furan rings is 1. The van der Waals surface area contributed by atoms with Gasteiger partial charge in [0.1, 0.15) is 5.58 Å². The second-order valence-electron chi connectivity index (χ2n) is 15.2. The molecule has 1 radical (unpaired) electrons. The first kappa shape index (κ1) is 36.5. The molecular weight excluding hydrogens is 863 g/mol. The fraction of sp³-hybridized carbons (Fsp3) is 0.200. The van der Waals surface area contributed by atoms with Crippen LogP contribution in [0.2, 0.25) is 17.3 Å². The van der Waals surface area contributed by atoms with Crippen molar-refractivity contribution >= 4 is 50.6 Å². The number of imidazole rings is 1. The first-order valence-corrected chi connectivity index (χ1v) is 24.7. The minimum Gasteiger partial charge on any atom is -0.501 e. The van der Waals surface area contributed by atoms with Crippen LogP contribution in [0.1, 0.15) is 31.9 Å². The van der Waals surface area contributed by atoms with Crippen LogP contribution in [0.3, 0.4) is 0 Å². The summed E-state index contributed by atoms with van der Waals surface area (Å²) in [6, 6.07) is 48.0. The Labute approximate surface area is 317 Å². The molecule has 0 atom stereocenters. The Morgan fingerprint density at radius 1 is 0.765 bits per heavy atom. The van der Waals surface area contributed by atoms with E-state index in [4.69, 9.17) is 14.4 Å². The second kappa shape index (κ2) is 15.1. The molecule has 4 nitrogen and oxygen atoms in total. The van der Waals surface area contributed by atoms with Gasteiger partial charge in [-0.25, -0.2) is 0 Å². The van der Waals surface area contributed by atoms with Gasteiger partial charge >= 0.3 is 132 Å². The molecule has 0 spiro atoms. The van der Waals surface area contributed by atoms with Gasteiger partial charge in [0.05, 0.1) is 22.4 Å². The summed E-state index contributed by atoms with van der Waals surface area (Å²) >= 11 is -1.90. The van der Waals surface area contributed by atoms with E-state index in [-0.39, 0.29) is 20.1 Å².